The third kappa shape index (κ3) is 4.21. The molecule has 0 aliphatic carbocycles. The van der Waals surface area contributed by atoms with Crippen LogP contribution in [0.2, 0.25) is 0 Å². The van der Waals surface area contributed by atoms with Crippen molar-refractivity contribution in [2.75, 3.05) is 0 Å². The third-order valence-electron chi connectivity index (χ3n) is 2.46. The summed E-state index contributed by atoms with van der Waals surface area (Å²) in [6.07, 6.45) is 1.37. The summed E-state index contributed by atoms with van der Waals surface area (Å²) in [5, 5.41) is 8.71. The third-order valence-corrected chi connectivity index (χ3v) is 2.46. The van der Waals surface area contributed by atoms with Crippen molar-refractivity contribution in [3.63, 3.8) is 0 Å². The number of rotatable bonds is 6. The Hall–Kier alpha value is -1.32. The van der Waals surface area contributed by atoms with Crippen LogP contribution in [0.1, 0.15) is 57.4 Å². The first kappa shape index (κ1) is 13.7. The van der Waals surface area contributed by atoms with E-state index in [0.29, 0.717) is 18.2 Å². The second-order valence-electron chi connectivity index (χ2n) is 5.07. The molecular formula is C13H21NO3. The van der Waals surface area contributed by atoms with Crippen molar-refractivity contribution < 1.29 is 14.3 Å². The van der Waals surface area contributed by atoms with E-state index in [1.807, 2.05) is 13.8 Å². The van der Waals surface area contributed by atoms with Crippen LogP contribution in [0.25, 0.3) is 0 Å². The Balaban J connectivity index is 2.86. The Labute approximate surface area is 102 Å². The second-order valence-corrected chi connectivity index (χ2v) is 5.07. The molecule has 0 unspecified atom stereocenters. The number of carboxylic acid groups (broad SMARTS) is 1. The summed E-state index contributed by atoms with van der Waals surface area (Å²) in [5.41, 5.74) is 0.810. The summed E-state index contributed by atoms with van der Waals surface area (Å²) in [5.74, 6) is 1.48. The van der Waals surface area contributed by atoms with Gasteiger partial charge < -0.3 is 9.52 Å². The highest BCUT2D eigenvalue weighted by molar-refractivity contribution is 5.67. The van der Waals surface area contributed by atoms with Crippen molar-refractivity contribution in [3.8, 4) is 0 Å². The zero-order chi connectivity index (χ0) is 13.0. The van der Waals surface area contributed by atoms with E-state index in [1.165, 1.54) is 0 Å². The average Bonchev–Trinajstić information content (AvgIpc) is 2.57. The first-order valence-electron chi connectivity index (χ1n) is 6.10. The number of carbonyl (C=O) groups is 1. The fourth-order valence-electron chi connectivity index (χ4n) is 1.60. The Morgan fingerprint density at radius 3 is 2.47 bits per heavy atom. The van der Waals surface area contributed by atoms with E-state index >= 15 is 0 Å². The molecule has 1 N–H and O–H groups in total. The molecule has 0 aromatic carbocycles. The molecule has 1 rings (SSSR count). The number of nitrogens with zero attached hydrogens (tertiary/aromatic N) is 1. The molecule has 0 aliphatic rings. The van der Waals surface area contributed by atoms with E-state index in [-0.39, 0.29) is 12.3 Å². The van der Waals surface area contributed by atoms with E-state index in [9.17, 15) is 4.79 Å². The first-order chi connectivity index (χ1) is 7.90. The molecule has 4 nitrogen and oxygen atoms in total. The van der Waals surface area contributed by atoms with Gasteiger partial charge in [-0.05, 0) is 5.92 Å². The van der Waals surface area contributed by atoms with Gasteiger partial charge in [-0.15, -0.1) is 0 Å². The highest BCUT2D eigenvalue weighted by Gasteiger charge is 2.17. The van der Waals surface area contributed by atoms with Crippen LogP contribution in [0.3, 0.4) is 0 Å². The fraction of sp³-hybridized carbons (Fsp3) is 0.692. The monoisotopic (exact) mass is 239 g/mol. The van der Waals surface area contributed by atoms with Crippen molar-refractivity contribution in [2.45, 2.75) is 52.9 Å². The number of hydrogen-bond donors (Lipinski definition) is 1. The molecule has 4 heteroatoms. The number of oxazole rings is 1. The SMILES string of the molecule is CC(C)Cc1oc(C(C)C)nc1CCC(=O)O. The van der Waals surface area contributed by atoms with Crippen LogP contribution in [0.4, 0.5) is 0 Å². The van der Waals surface area contributed by atoms with Gasteiger partial charge >= 0.3 is 5.97 Å². The lowest BCUT2D eigenvalue weighted by Gasteiger charge is -2.02. The molecule has 0 radical (unpaired) electrons. The van der Waals surface area contributed by atoms with Gasteiger partial charge in [0.05, 0.1) is 12.1 Å². The topological polar surface area (TPSA) is 63.3 Å². The number of aromatic nitrogens is 1. The van der Waals surface area contributed by atoms with Crippen molar-refractivity contribution in [1.29, 1.82) is 0 Å². The molecule has 0 saturated carbocycles. The molecule has 0 spiro atoms. The van der Waals surface area contributed by atoms with Gasteiger partial charge in [-0.2, -0.15) is 0 Å². The van der Waals surface area contributed by atoms with Crippen molar-refractivity contribution in [2.24, 2.45) is 5.92 Å². The summed E-state index contributed by atoms with van der Waals surface area (Å²) in [4.78, 5) is 15.0. The van der Waals surface area contributed by atoms with Gasteiger partial charge in [0, 0.05) is 18.8 Å². The minimum absolute atomic E-state index is 0.106. The molecule has 0 bridgehead atoms. The van der Waals surface area contributed by atoms with Crippen LogP contribution < -0.4 is 0 Å². The Morgan fingerprint density at radius 2 is 2.00 bits per heavy atom. The fourth-order valence-corrected chi connectivity index (χ4v) is 1.60. The number of aryl methyl sites for hydroxylation is 1. The van der Waals surface area contributed by atoms with E-state index in [2.05, 4.69) is 18.8 Å². The first-order valence-corrected chi connectivity index (χ1v) is 6.10. The number of aliphatic carboxylic acids is 1. The molecule has 0 atom stereocenters. The zero-order valence-corrected chi connectivity index (χ0v) is 11.0. The molecule has 0 amide bonds. The summed E-state index contributed by atoms with van der Waals surface area (Å²) < 4.78 is 5.72. The Bertz CT molecular complexity index is 380. The smallest absolute Gasteiger partial charge is 0.303 e. The van der Waals surface area contributed by atoms with Crippen LogP contribution in [0.5, 0.6) is 0 Å². The van der Waals surface area contributed by atoms with Gasteiger partial charge in [0.25, 0.3) is 0 Å². The Kier molecular flexibility index (Phi) is 4.73. The van der Waals surface area contributed by atoms with E-state index in [0.717, 1.165) is 17.9 Å². The van der Waals surface area contributed by atoms with Gasteiger partial charge in [-0.3, -0.25) is 4.79 Å². The molecule has 1 aromatic rings. The quantitative estimate of drug-likeness (QED) is 0.828. The minimum atomic E-state index is -0.797. The number of carboxylic acids is 1. The molecule has 0 saturated heterocycles. The van der Waals surface area contributed by atoms with Gasteiger partial charge in [0.1, 0.15) is 5.76 Å². The summed E-state index contributed by atoms with van der Waals surface area (Å²) in [6, 6.07) is 0. The van der Waals surface area contributed by atoms with Crippen molar-refractivity contribution in [3.05, 3.63) is 17.3 Å². The van der Waals surface area contributed by atoms with Gasteiger partial charge in [0.2, 0.25) is 0 Å². The van der Waals surface area contributed by atoms with Gasteiger partial charge in [0.15, 0.2) is 5.89 Å². The lowest BCUT2D eigenvalue weighted by molar-refractivity contribution is -0.136. The molecule has 0 fully saturated rings. The van der Waals surface area contributed by atoms with Crippen molar-refractivity contribution >= 4 is 5.97 Å². The zero-order valence-electron chi connectivity index (χ0n) is 11.0. The Morgan fingerprint density at radius 1 is 1.35 bits per heavy atom. The molecule has 1 heterocycles. The maximum atomic E-state index is 10.6. The lowest BCUT2D eigenvalue weighted by atomic mass is 10.1. The highest BCUT2D eigenvalue weighted by Crippen LogP contribution is 2.22. The maximum absolute atomic E-state index is 10.6. The predicted molar refractivity (Wildman–Crippen MR) is 65.1 cm³/mol. The summed E-state index contributed by atoms with van der Waals surface area (Å²) >= 11 is 0. The van der Waals surface area contributed by atoms with Crippen LogP contribution in [0, 0.1) is 5.92 Å². The van der Waals surface area contributed by atoms with E-state index in [1.54, 1.807) is 0 Å². The molecule has 17 heavy (non-hydrogen) atoms. The minimum Gasteiger partial charge on any atom is -0.481 e. The second kappa shape index (κ2) is 5.84. The summed E-state index contributed by atoms with van der Waals surface area (Å²) in [6.45, 7) is 8.26. The average molecular weight is 239 g/mol. The highest BCUT2D eigenvalue weighted by atomic mass is 16.4. The predicted octanol–water partition coefficient (Wildman–Crippen LogP) is 3.01. The van der Waals surface area contributed by atoms with Gasteiger partial charge in [-0.25, -0.2) is 4.98 Å². The molecule has 96 valence electrons. The van der Waals surface area contributed by atoms with E-state index < -0.39 is 5.97 Å². The maximum Gasteiger partial charge on any atom is 0.303 e. The van der Waals surface area contributed by atoms with Crippen LogP contribution in [0.15, 0.2) is 4.42 Å². The molecular weight excluding hydrogens is 218 g/mol. The molecule has 1 aromatic heterocycles. The summed E-state index contributed by atoms with van der Waals surface area (Å²) in [7, 11) is 0. The van der Waals surface area contributed by atoms with Crippen LogP contribution in [-0.4, -0.2) is 16.1 Å². The van der Waals surface area contributed by atoms with E-state index in [4.69, 9.17) is 9.52 Å². The van der Waals surface area contributed by atoms with Crippen LogP contribution >= 0.6 is 0 Å². The standard InChI is InChI=1S/C13H21NO3/c1-8(2)7-11-10(5-6-12(15)16)14-13(17-11)9(3)4/h8-9H,5-7H2,1-4H3,(H,15,16). The molecule has 0 aliphatic heterocycles. The normalized spacial score (nSPS) is 11.4. The largest absolute Gasteiger partial charge is 0.481 e. The lowest BCUT2D eigenvalue weighted by Crippen LogP contribution is -2.02. The van der Waals surface area contributed by atoms with Crippen molar-refractivity contribution in [1.82, 2.24) is 4.98 Å². The number of hydrogen-bond acceptors (Lipinski definition) is 3. The van der Waals surface area contributed by atoms with Gasteiger partial charge in [-0.1, -0.05) is 27.7 Å². The van der Waals surface area contributed by atoms with Crippen LogP contribution in [-0.2, 0) is 17.6 Å².